The molecule has 1 aromatic rings. The van der Waals surface area contributed by atoms with Gasteiger partial charge in [0.05, 0.1) is 12.5 Å². The molecule has 0 aromatic heterocycles. The van der Waals surface area contributed by atoms with Crippen LogP contribution in [0.2, 0.25) is 5.02 Å². The van der Waals surface area contributed by atoms with Gasteiger partial charge in [0.25, 0.3) is 0 Å². The van der Waals surface area contributed by atoms with Crippen LogP contribution in [0.25, 0.3) is 0 Å². The van der Waals surface area contributed by atoms with Crippen LogP contribution in [0.5, 0.6) is 0 Å². The second-order valence-corrected chi connectivity index (χ2v) is 8.85. The van der Waals surface area contributed by atoms with Crippen LogP contribution in [-0.2, 0) is 14.3 Å². The number of piperidine rings is 2. The van der Waals surface area contributed by atoms with Crippen LogP contribution < -0.4 is 5.32 Å². The molecule has 1 aromatic carbocycles. The minimum absolute atomic E-state index is 0.0469. The molecule has 3 aliphatic rings. The number of carbonyl (C=O) groups excluding carboxylic acids is 3. The molecule has 0 bridgehead atoms. The van der Waals surface area contributed by atoms with Gasteiger partial charge in [0.15, 0.2) is 0 Å². The SMILES string of the molecule is O=C(Nc1ccc(Cl)cc1)N1CCCC(C(=O)N2CCC(N3CCOCC3=O)CC2)C1. The molecular formula is C22H29ClN4O4. The zero-order valence-electron chi connectivity index (χ0n) is 17.6. The van der Waals surface area contributed by atoms with Crippen LogP contribution in [0.1, 0.15) is 25.7 Å². The van der Waals surface area contributed by atoms with E-state index in [1.165, 1.54) is 0 Å². The van der Waals surface area contributed by atoms with Gasteiger partial charge in [0, 0.05) is 49.5 Å². The summed E-state index contributed by atoms with van der Waals surface area (Å²) >= 11 is 5.89. The zero-order valence-corrected chi connectivity index (χ0v) is 18.4. The van der Waals surface area contributed by atoms with Gasteiger partial charge in [-0.3, -0.25) is 9.59 Å². The molecule has 31 heavy (non-hydrogen) atoms. The molecule has 8 nitrogen and oxygen atoms in total. The molecule has 0 spiro atoms. The summed E-state index contributed by atoms with van der Waals surface area (Å²) in [6.45, 7) is 3.77. The van der Waals surface area contributed by atoms with Gasteiger partial charge < -0.3 is 24.8 Å². The maximum atomic E-state index is 13.1. The third-order valence-corrected chi connectivity index (χ3v) is 6.64. The maximum Gasteiger partial charge on any atom is 0.321 e. The third kappa shape index (κ3) is 5.30. The van der Waals surface area contributed by atoms with Gasteiger partial charge in [0.1, 0.15) is 6.61 Å². The predicted molar refractivity (Wildman–Crippen MR) is 117 cm³/mol. The fraction of sp³-hybridized carbons (Fsp3) is 0.591. The number of morpholine rings is 1. The molecule has 1 atom stereocenters. The molecule has 3 heterocycles. The highest BCUT2D eigenvalue weighted by Gasteiger charge is 2.35. The van der Waals surface area contributed by atoms with Gasteiger partial charge in [-0.2, -0.15) is 0 Å². The topological polar surface area (TPSA) is 82.2 Å². The number of nitrogens with zero attached hydrogens (tertiary/aromatic N) is 3. The van der Waals surface area contributed by atoms with Gasteiger partial charge in [0.2, 0.25) is 11.8 Å². The summed E-state index contributed by atoms with van der Waals surface area (Å²) in [7, 11) is 0. The van der Waals surface area contributed by atoms with E-state index < -0.39 is 0 Å². The fourth-order valence-electron chi connectivity index (χ4n) is 4.67. The Morgan fingerprint density at radius 3 is 2.45 bits per heavy atom. The van der Waals surface area contributed by atoms with Crippen molar-refractivity contribution in [3.05, 3.63) is 29.3 Å². The summed E-state index contributed by atoms with van der Waals surface area (Å²) in [5.74, 6) is -0.00678. The summed E-state index contributed by atoms with van der Waals surface area (Å²) in [5.41, 5.74) is 0.683. The van der Waals surface area contributed by atoms with Crippen molar-refractivity contribution in [1.29, 1.82) is 0 Å². The molecular weight excluding hydrogens is 420 g/mol. The maximum absolute atomic E-state index is 13.1. The first-order chi connectivity index (χ1) is 15.0. The van der Waals surface area contributed by atoms with E-state index in [1.54, 1.807) is 29.2 Å². The van der Waals surface area contributed by atoms with E-state index in [-0.39, 0.29) is 36.4 Å². The number of carbonyl (C=O) groups is 3. The monoisotopic (exact) mass is 448 g/mol. The molecule has 4 rings (SSSR count). The third-order valence-electron chi connectivity index (χ3n) is 6.39. The number of amides is 4. The number of halogens is 1. The second-order valence-electron chi connectivity index (χ2n) is 8.42. The Kier molecular flexibility index (Phi) is 6.97. The zero-order chi connectivity index (χ0) is 21.8. The van der Waals surface area contributed by atoms with Gasteiger partial charge in [-0.15, -0.1) is 0 Å². The van der Waals surface area contributed by atoms with E-state index in [1.807, 2.05) is 9.80 Å². The molecule has 3 aliphatic heterocycles. The largest absolute Gasteiger partial charge is 0.370 e. The lowest BCUT2D eigenvalue weighted by atomic mass is 9.94. The average molecular weight is 449 g/mol. The number of hydrogen-bond acceptors (Lipinski definition) is 4. The first-order valence-corrected chi connectivity index (χ1v) is 11.4. The van der Waals surface area contributed by atoms with E-state index in [4.69, 9.17) is 16.3 Å². The van der Waals surface area contributed by atoms with Crippen molar-refractivity contribution in [2.75, 3.05) is 51.3 Å². The summed E-state index contributed by atoms with van der Waals surface area (Å²) in [6.07, 6.45) is 3.20. The van der Waals surface area contributed by atoms with Crippen molar-refractivity contribution in [1.82, 2.24) is 14.7 Å². The fourth-order valence-corrected chi connectivity index (χ4v) is 4.80. The first-order valence-electron chi connectivity index (χ1n) is 11.0. The van der Waals surface area contributed by atoms with Crippen molar-refractivity contribution in [3.8, 4) is 0 Å². The molecule has 3 saturated heterocycles. The van der Waals surface area contributed by atoms with Gasteiger partial charge in [-0.05, 0) is 49.9 Å². The standard InChI is InChI=1S/C22H29ClN4O4/c23-17-3-5-18(6-4-17)24-22(30)26-9-1-2-16(14-26)21(29)25-10-7-19(8-11-25)27-12-13-31-15-20(27)28/h3-6,16,19H,1-2,7-15H2,(H,24,30). The second kappa shape index (κ2) is 9.87. The molecule has 3 fully saturated rings. The van der Waals surface area contributed by atoms with Gasteiger partial charge >= 0.3 is 6.03 Å². The predicted octanol–water partition coefficient (Wildman–Crippen LogP) is 2.43. The Morgan fingerprint density at radius 1 is 1.00 bits per heavy atom. The minimum atomic E-state index is -0.190. The Labute approximate surface area is 187 Å². The Balaban J connectivity index is 1.28. The van der Waals surface area contributed by atoms with Crippen molar-refractivity contribution in [2.45, 2.75) is 31.7 Å². The Hall–Kier alpha value is -2.32. The van der Waals surface area contributed by atoms with Crippen LogP contribution in [0.3, 0.4) is 0 Å². The first kappa shape index (κ1) is 21.9. The molecule has 0 saturated carbocycles. The lowest BCUT2D eigenvalue weighted by molar-refractivity contribution is -0.148. The number of urea groups is 1. The Bertz CT molecular complexity index is 810. The van der Waals surface area contributed by atoms with Gasteiger partial charge in [-0.1, -0.05) is 11.6 Å². The van der Waals surface area contributed by atoms with E-state index in [2.05, 4.69) is 5.32 Å². The highest BCUT2D eigenvalue weighted by atomic mass is 35.5. The molecule has 0 aliphatic carbocycles. The number of benzene rings is 1. The van der Waals surface area contributed by atoms with E-state index in [0.717, 1.165) is 25.7 Å². The summed E-state index contributed by atoms with van der Waals surface area (Å²) < 4.78 is 5.21. The number of anilines is 1. The van der Waals surface area contributed by atoms with E-state index >= 15 is 0 Å². The van der Waals surface area contributed by atoms with Crippen molar-refractivity contribution < 1.29 is 19.1 Å². The van der Waals surface area contributed by atoms with Crippen LogP contribution in [0, 0.1) is 5.92 Å². The number of ether oxygens (including phenoxy) is 1. The quantitative estimate of drug-likeness (QED) is 0.770. The van der Waals surface area contributed by atoms with Crippen LogP contribution in [-0.4, -0.2) is 84.5 Å². The van der Waals surface area contributed by atoms with Crippen LogP contribution in [0.15, 0.2) is 24.3 Å². The van der Waals surface area contributed by atoms with Crippen LogP contribution in [0.4, 0.5) is 10.5 Å². The molecule has 1 N–H and O–H groups in total. The average Bonchev–Trinajstić information content (AvgIpc) is 2.80. The lowest BCUT2D eigenvalue weighted by Crippen LogP contribution is -2.54. The molecule has 168 valence electrons. The number of rotatable bonds is 3. The number of likely N-dealkylation sites (tertiary alicyclic amines) is 2. The lowest BCUT2D eigenvalue weighted by Gasteiger charge is -2.41. The number of nitrogens with one attached hydrogen (secondary N) is 1. The summed E-state index contributed by atoms with van der Waals surface area (Å²) in [4.78, 5) is 43.4. The van der Waals surface area contributed by atoms with Gasteiger partial charge in [-0.25, -0.2) is 4.79 Å². The minimum Gasteiger partial charge on any atom is -0.370 e. The van der Waals surface area contributed by atoms with Crippen molar-refractivity contribution in [3.63, 3.8) is 0 Å². The van der Waals surface area contributed by atoms with Crippen LogP contribution >= 0.6 is 11.6 Å². The Morgan fingerprint density at radius 2 is 1.74 bits per heavy atom. The van der Waals surface area contributed by atoms with Crippen molar-refractivity contribution >= 4 is 35.1 Å². The van der Waals surface area contributed by atoms with E-state index in [0.29, 0.717) is 50.0 Å². The molecule has 4 amide bonds. The molecule has 9 heteroatoms. The van der Waals surface area contributed by atoms with E-state index in [9.17, 15) is 14.4 Å². The molecule has 1 unspecified atom stereocenters. The molecule has 0 radical (unpaired) electrons. The summed E-state index contributed by atoms with van der Waals surface area (Å²) in [5, 5.41) is 3.49. The van der Waals surface area contributed by atoms with Crippen molar-refractivity contribution in [2.24, 2.45) is 5.92 Å². The number of hydrogen-bond donors (Lipinski definition) is 1. The summed E-state index contributed by atoms with van der Waals surface area (Å²) in [6, 6.07) is 6.98. The normalized spacial score (nSPS) is 23.1. The highest BCUT2D eigenvalue weighted by molar-refractivity contribution is 6.30. The highest BCUT2D eigenvalue weighted by Crippen LogP contribution is 2.24. The smallest absolute Gasteiger partial charge is 0.321 e.